The van der Waals surface area contributed by atoms with Gasteiger partial charge in [-0.15, -0.1) is 0 Å². The summed E-state index contributed by atoms with van der Waals surface area (Å²) in [5.41, 5.74) is 0. The Balaban J connectivity index is 2.34. The van der Waals surface area contributed by atoms with Gasteiger partial charge in [0.15, 0.2) is 0 Å². The van der Waals surface area contributed by atoms with E-state index in [1.165, 1.54) is 7.11 Å². The number of rotatable bonds is 3. The van der Waals surface area contributed by atoms with Crippen molar-refractivity contribution in [2.75, 3.05) is 7.11 Å². The lowest BCUT2D eigenvalue weighted by Gasteiger charge is -2.03. The highest BCUT2D eigenvalue weighted by atomic mass is 16.6. The predicted molar refractivity (Wildman–Crippen MR) is 40.0 cm³/mol. The molecule has 66 valence electrons. The smallest absolute Gasteiger partial charge is 0.373 e. The van der Waals surface area contributed by atoms with Crippen LogP contribution in [-0.2, 0) is 19.1 Å². The van der Waals surface area contributed by atoms with Crippen LogP contribution in [0.4, 0.5) is 0 Å². The van der Waals surface area contributed by atoms with Crippen LogP contribution in [0, 0.1) is 5.92 Å². The molecule has 0 atom stereocenters. The fourth-order valence-corrected chi connectivity index (χ4v) is 0.679. The van der Waals surface area contributed by atoms with Gasteiger partial charge in [-0.2, -0.15) is 0 Å². The van der Waals surface area contributed by atoms with Gasteiger partial charge in [0, 0.05) is 0 Å². The summed E-state index contributed by atoms with van der Waals surface area (Å²) in [7, 11) is 1.21. The van der Waals surface area contributed by atoms with Gasteiger partial charge in [-0.25, -0.2) is 4.79 Å². The monoisotopic (exact) mass is 170 g/mol. The van der Waals surface area contributed by atoms with Crippen molar-refractivity contribution in [2.45, 2.75) is 12.8 Å². The molecule has 0 amide bonds. The lowest BCUT2D eigenvalue weighted by atomic mass is 10.4. The average molecular weight is 170 g/mol. The van der Waals surface area contributed by atoms with Crippen LogP contribution in [0.15, 0.2) is 12.3 Å². The van der Waals surface area contributed by atoms with Crippen molar-refractivity contribution in [1.29, 1.82) is 0 Å². The second-order valence-corrected chi connectivity index (χ2v) is 2.61. The number of esters is 2. The van der Waals surface area contributed by atoms with Crippen molar-refractivity contribution in [3.8, 4) is 0 Å². The number of carbonyl (C=O) groups is 2. The van der Waals surface area contributed by atoms with Crippen molar-refractivity contribution in [2.24, 2.45) is 5.92 Å². The van der Waals surface area contributed by atoms with E-state index in [-0.39, 0.29) is 17.6 Å². The molecule has 1 aliphatic rings. The number of hydrogen-bond donors (Lipinski definition) is 0. The Hall–Kier alpha value is -1.32. The van der Waals surface area contributed by atoms with E-state index in [2.05, 4.69) is 16.1 Å². The lowest BCUT2D eigenvalue weighted by Crippen LogP contribution is -2.13. The molecule has 0 aromatic carbocycles. The van der Waals surface area contributed by atoms with Gasteiger partial charge in [-0.1, -0.05) is 0 Å². The standard InChI is InChI=1S/C8H10O4/c1-5(7(9)11-2)12-8(10)6-3-4-6/h6H,1,3-4H2,2H3. The molecule has 0 radical (unpaired) electrons. The molecule has 0 spiro atoms. The first kappa shape index (κ1) is 8.77. The van der Waals surface area contributed by atoms with Gasteiger partial charge >= 0.3 is 11.9 Å². The molecule has 4 nitrogen and oxygen atoms in total. The number of carbonyl (C=O) groups excluding carboxylic acids is 2. The van der Waals surface area contributed by atoms with E-state index in [0.717, 1.165) is 12.8 Å². The van der Waals surface area contributed by atoms with Gasteiger partial charge in [-0.3, -0.25) is 4.79 Å². The van der Waals surface area contributed by atoms with Crippen LogP contribution >= 0.6 is 0 Å². The molecule has 12 heavy (non-hydrogen) atoms. The Labute approximate surface area is 70.1 Å². The van der Waals surface area contributed by atoms with Crippen LogP contribution in [-0.4, -0.2) is 19.0 Å². The first-order chi connectivity index (χ1) is 5.65. The molecule has 0 bridgehead atoms. The molecule has 0 aliphatic heterocycles. The van der Waals surface area contributed by atoms with Crippen molar-refractivity contribution in [3.05, 3.63) is 12.3 Å². The summed E-state index contributed by atoms with van der Waals surface area (Å²) < 4.78 is 8.92. The fourth-order valence-electron chi connectivity index (χ4n) is 0.679. The quantitative estimate of drug-likeness (QED) is 0.354. The Bertz CT molecular complexity index is 227. The largest absolute Gasteiger partial charge is 0.463 e. The second-order valence-electron chi connectivity index (χ2n) is 2.61. The summed E-state index contributed by atoms with van der Waals surface area (Å²) in [6, 6.07) is 0. The molecule has 0 aromatic heterocycles. The van der Waals surface area contributed by atoms with E-state index in [9.17, 15) is 9.59 Å². The highest BCUT2D eigenvalue weighted by Gasteiger charge is 2.32. The van der Waals surface area contributed by atoms with Crippen LogP contribution < -0.4 is 0 Å². The molecule has 4 heteroatoms. The Morgan fingerprint density at radius 2 is 2.00 bits per heavy atom. The van der Waals surface area contributed by atoms with Crippen molar-refractivity contribution in [1.82, 2.24) is 0 Å². The lowest BCUT2D eigenvalue weighted by molar-refractivity contribution is -0.150. The zero-order valence-corrected chi connectivity index (χ0v) is 6.83. The van der Waals surface area contributed by atoms with E-state index < -0.39 is 5.97 Å². The van der Waals surface area contributed by atoms with Gasteiger partial charge in [0.05, 0.1) is 13.0 Å². The fraction of sp³-hybridized carbons (Fsp3) is 0.500. The third kappa shape index (κ3) is 2.08. The molecule has 1 saturated carbocycles. The third-order valence-corrected chi connectivity index (χ3v) is 1.55. The highest BCUT2D eigenvalue weighted by Crippen LogP contribution is 2.30. The molecule has 0 heterocycles. The Morgan fingerprint density at radius 1 is 1.42 bits per heavy atom. The normalized spacial score (nSPS) is 15.1. The third-order valence-electron chi connectivity index (χ3n) is 1.55. The minimum atomic E-state index is -0.705. The van der Waals surface area contributed by atoms with Gasteiger partial charge in [0.1, 0.15) is 0 Å². The summed E-state index contributed by atoms with van der Waals surface area (Å²) in [6.45, 7) is 3.26. The molecule has 1 aliphatic carbocycles. The summed E-state index contributed by atoms with van der Waals surface area (Å²) >= 11 is 0. The van der Waals surface area contributed by atoms with Crippen molar-refractivity contribution >= 4 is 11.9 Å². The van der Waals surface area contributed by atoms with E-state index >= 15 is 0 Å². The molecular weight excluding hydrogens is 160 g/mol. The maximum atomic E-state index is 10.9. The number of hydrogen-bond acceptors (Lipinski definition) is 4. The first-order valence-electron chi connectivity index (χ1n) is 3.64. The van der Waals surface area contributed by atoms with Crippen molar-refractivity contribution < 1.29 is 19.1 Å². The summed E-state index contributed by atoms with van der Waals surface area (Å²) in [4.78, 5) is 21.6. The minimum Gasteiger partial charge on any atom is -0.463 e. The highest BCUT2D eigenvalue weighted by molar-refractivity contribution is 5.89. The minimum absolute atomic E-state index is 0.0357. The van der Waals surface area contributed by atoms with Crippen LogP contribution in [0.1, 0.15) is 12.8 Å². The van der Waals surface area contributed by atoms with Crippen LogP contribution in [0.2, 0.25) is 0 Å². The molecule has 0 unspecified atom stereocenters. The van der Waals surface area contributed by atoms with Crippen LogP contribution in [0.5, 0.6) is 0 Å². The Kier molecular flexibility index (Phi) is 2.47. The zero-order valence-electron chi connectivity index (χ0n) is 6.83. The maximum Gasteiger partial charge on any atom is 0.373 e. The van der Waals surface area contributed by atoms with Gasteiger partial charge in [-0.05, 0) is 19.4 Å². The molecular formula is C8H10O4. The molecule has 0 N–H and O–H groups in total. The van der Waals surface area contributed by atoms with Crippen LogP contribution in [0.3, 0.4) is 0 Å². The Morgan fingerprint density at radius 3 is 2.42 bits per heavy atom. The van der Waals surface area contributed by atoms with Gasteiger partial charge < -0.3 is 9.47 Å². The first-order valence-corrected chi connectivity index (χ1v) is 3.64. The van der Waals surface area contributed by atoms with E-state index in [1.54, 1.807) is 0 Å². The van der Waals surface area contributed by atoms with E-state index in [1.807, 2.05) is 0 Å². The van der Waals surface area contributed by atoms with Gasteiger partial charge in [0.2, 0.25) is 5.76 Å². The van der Waals surface area contributed by atoms with E-state index in [4.69, 9.17) is 0 Å². The molecule has 1 rings (SSSR count). The molecule has 0 aromatic rings. The van der Waals surface area contributed by atoms with Crippen LogP contribution in [0.25, 0.3) is 0 Å². The summed E-state index contributed by atoms with van der Waals surface area (Å²) in [6.07, 6.45) is 1.68. The number of ether oxygens (including phenoxy) is 2. The number of methoxy groups -OCH3 is 1. The van der Waals surface area contributed by atoms with E-state index in [0.29, 0.717) is 0 Å². The summed E-state index contributed by atoms with van der Waals surface area (Å²) in [5.74, 6) is -1.37. The molecule has 0 saturated heterocycles. The zero-order chi connectivity index (χ0) is 9.14. The predicted octanol–water partition coefficient (Wildman–Crippen LogP) is 0.626. The average Bonchev–Trinajstić information content (AvgIpc) is 2.84. The SMILES string of the molecule is C=C(OC(=O)C1CC1)C(=O)OC. The topological polar surface area (TPSA) is 52.6 Å². The summed E-state index contributed by atoms with van der Waals surface area (Å²) in [5, 5.41) is 0. The van der Waals surface area contributed by atoms with Gasteiger partial charge in [0.25, 0.3) is 0 Å². The maximum absolute atomic E-state index is 10.9. The molecule has 1 fully saturated rings. The second kappa shape index (κ2) is 3.38. The van der Waals surface area contributed by atoms with Crippen molar-refractivity contribution in [3.63, 3.8) is 0 Å².